The van der Waals surface area contributed by atoms with Gasteiger partial charge in [0.25, 0.3) is 0 Å². The molecule has 0 spiro atoms. The fourth-order valence-corrected chi connectivity index (χ4v) is 3.89. The quantitative estimate of drug-likeness (QED) is 0.729. The molecule has 2 aliphatic rings. The fourth-order valence-electron chi connectivity index (χ4n) is 2.57. The molecule has 2 fully saturated rings. The highest BCUT2D eigenvalue weighted by Gasteiger charge is 2.38. The van der Waals surface area contributed by atoms with Crippen LogP contribution in [-0.2, 0) is 0 Å². The van der Waals surface area contributed by atoms with Crippen LogP contribution in [0.15, 0.2) is 0 Å². The second-order valence-electron chi connectivity index (χ2n) is 4.28. The van der Waals surface area contributed by atoms with Crippen molar-refractivity contribution >= 4 is 11.8 Å². The first-order valence-corrected chi connectivity index (χ1v) is 6.56. The van der Waals surface area contributed by atoms with Crippen LogP contribution in [0, 0.1) is 0 Å². The summed E-state index contributed by atoms with van der Waals surface area (Å²) in [7, 11) is 0. The van der Waals surface area contributed by atoms with Crippen molar-refractivity contribution < 1.29 is 0 Å². The molecule has 1 atom stereocenters. The lowest BCUT2D eigenvalue weighted by Gasteiger charge is -2.43. The Morgan fingerprint density at radius 2 is 2.00 bits per heavy atom. The van der Waals surface area contributed by atoms with Crippen molar-refractivity contribution in [3.63, 3.8) is 0 Å². The molecule has 2 saturated heterocycles. The standard InChI is InChI=1S/C10H20N2S/c11-8-10(4-3-7-13-9-10)12-5-1-2-6-12/h1-9,11H2. The Morgan fingerprint density at radius 3 is 2.54 bits per heavy atom. The fraction of sp³-hybridized carbons (Fsp3) is 1.00. The molecular weight excluding hydrogens is 180 g/mol. The zero-order valence-corrected chi connectivity index (χ0v) is 9.11. The molecule has 0 radical (unpaired) electrons. The Morgan fingerprint density at radius 1 is 1.23 bits per heavy atom. The third-order valence-corrected chi connectivity index (χ3v) is 4.78. The van der Waals surface area contributed by atoms with Crippen LogP contribution in [0.2, 0.25) is 0 Å². The van der Waals surface area contributed by atoms with Crippen molar-refractivity contribution in [2.75, 3.05) is 31.1 Å². The van der Waals surface area contributed by atoms with E-state index in [1.807, 2.05) is 0 Å². The third kappa shape index (κ3) is 1.88. The van der Waals surface area contributed by atoms with E-state index in [9.17, 15) is 0 Å². The molecule has 3 heteroatoms. The number of hydrogen-bond donors (Lipinski definition) is 1. The highest BCUT2D eigenvalue weighted by atomic mass is 32.2. The van der Waals surface area contributed by atoms with Crippen molar-refractivity contribution in [2.45, 2.75) is 31.2 Å². The van der Waals surface area contributed by atoms with Crippen molar-refractivity contribution in [2.24, 2.45) is 5.73 Å². The summed E-state index contributed by atoms with van der Waals surface area (Å²) in [6.07, 6.45) is 5.45. The molecule has 2 heterocycles. The second kappa shape index (κ2) is 4.20. The predicted octanol–water partition coefficient (Wildman–Crippen LogP) is 1.31. The summed E-state index contributed by atoms with van der Waals surface area (Å²) in [5.41, 5.74) is 6.34. The Hall–Kier alpha value is 0.270. The summed E-state index contributed by atoms with van der Waals surface area (Å²) < 4.78 is 0. The first-order chi connectivity index (χ1) is 6.37. The van der Waals surface area contributed by atoms with E-state index in [4.69, 9.17) is 5.73 Å². The molecule has 0 bridgehead atoms. The Bertz CT molecular complexity index is 160. The van der Waals surface area contributed by atoms with Crippen LogP contribution in [0.5, 0.6) is 0 Å². The zero-order chi connectivity index (χ0) is 9.15. The van der Waals surface area contributed by atoms with Gasteiger partial charge >= 0.3 is 0 Å². The molecule has 0 aromatic rings. The Balaban J connectivity index is 2.03. The number of nitrogens with two attached hydrogens (primary N) is 1. The first kappa shape index (κ1) is 9.81. The maximum absolute atomic E-state index is 5.96. The molecule has 1 unspecified atom stereocenters. The van der Waals surface area contributed by atoms with Gasteiger partial charge in [-0.1, -0.05) is 0 Å². The normalized spacial score (nSPS) is 36.7. The SMILES string of the molecule is NCC1(N2CCCC2)CCCSC1. The highest BCUT2D eigenvalue weighted by Crippen LogP contribution is 2.33. The minimum absolute atomic E-state index is 0.374. The summed E-state index contributed by atoms with van der Waals surface area (Å²) in [4.78, 5) is 2.65. The van der Waals surface area contributed by atoms with E-state index in [-0.39, 0.29) is 0 Å². The topological polar surface area (TPSA) is 29.3 Å². The maximum Gasteiger partial charge on any atom is 0.0422 e. The van der Waals surface area contributed by atoms with Crippen LogP contribution in [0.1, 0.15) is 25.7 Å². The van der Waals surface area contributed by atoms with E-state index >= 15 is 0 Å². The summed E-state index contributed by atoms with van der Waals surface area (Å²) in [5, 5.41) is 0. The summed E-state index contributed by atoms with van der Waals surface area (Å²) in [5.74, 6) is 2.61. The van der Waals surface area contributed by atoms with Gasteiger partial charge in [0.1, 0.15) is 0 Å². The van der Waals surface area contributed by atoms with Gasteiger partial charge in [-0.05, 0) is 44.5 Å². The third-order valence-electron chi connectivity index (χ3n) is 3.46. The smallest absolute Gasteiger partial charge is 0.0422 e. The van der Waals surface area contributed by atoms with Gasteiger partial charge in [0, 0.05) is 17.8 Å². The Labute approximate surface area is 85.2 Å². The van der Waals surface area contributed by atoms with E-state index in [2.05, 4.69) is 16.7 Å². The van der Waals surface area contributed by atoms with Crippen LogP contribution in [0.3, 0.4) is 0 Å². The molecule has 2 nitrogen and oxygen atoms in total. The number of likely N-dealkylation sites (tertiary alicyclic amines) is 1. The largest absolute Gasteiger partial charge is 0.329 e. The van der Waals surface area contributed by atoms with Crippen LogP contribution >= 0.6 is 11.8 Å². The lowest BCUT2D eigenvalue weighted by Crippen LogP contribution is -2.56. The van der Waals surface area contributed by atoms with Gasteiger partial charge < -0.3 is 5.73 Å². The molecule has 76 valence electrons. The number of nitrogens with zero attached hydrogens (tertiary/aromatic N) is 1. The van der Waals surface area contributed by atoms with Crippen LogP contribution in [-0.4, -0.2) is 41.6 Å². The van der Waals surface area contributed by atoms with Gasteiger partial charge in [-0.15, -0.1) is 0 Å². The van der Waals surface area contributed by atoms with Gasteiger partial charge in [0.2, 0.25) is 0 Å². The zero-order valence-electron chi connectivity index (χ0n) is 8.30. The molecule has 2 N–H and O–H groups in total. The van der Waals surface area contributed by atoms with E-state index in [0.29, 0.717) is 5.54 Å². The number of hydrogen-bond acceptors (Lipinski definition) is 3. The minimum atomic E-state index is 0.374. The van der Waals surface area contributed by atoms with E-state index < -0.39 is 0 Å². The van der Waals surface area contributed by atoms with Gasteiger partial charge in [0.15, 0.2) is 0 Å². The van der Waals surface area contributed by atoms with Gasteiger partial charge in [0.05, 0.1) is 0 Å². The molecule has 0 aromatic heterocycles. The number of thioether (sulfide) groups is 1. The summed E-state index contributed by atoms with van der Waals surface area (Å²) >= 11 is 2.09. The van der Waals surface area contributed by atoms with Gasteiger partial charge in [-0.25, -0.2) is 0 Å². The lowest BCUT2D eigenvalue weighted by molar-refractivity contribution is 0.133. The first-order valence-electron chi connectivity index (χ1n) is 5.40. The molecule has 2 rings (SSSR count). The van der Waals surface area contributed by atoms with Crippen LogP contribution < -0.4 is 5.73 Å². The van der Waals surface area contributed by atoms with Gasteiger partial charge in [-0.3, -0.25) is 4.90 Å². The maximum atomic E-state index is 5.96. The van der Waals surface area contributed by atoms with Crippen LogP contribution in [0.25, 0.3) is 0 Å². The molecular formula is C10H20N2S. The van der Waals surface area contributed by atoms with Crippen LogP contribution in [0.4, 0.5) is 0 Å². The van der Waals surface area contributed by atoms with E-state index in [1.165, 1.54) is 50.3 Å². The number of rotatable bonds is 2. The summed E-state index contributed by atoms with van der Waals surface area (Å²) in [6, 6.07) is 0. The van der Waals surface area contributed by atoms with Crippen molar-refractivity contribution in [1.29, 1.82) is 0 Å². The average molecular weight is 200 g/mol. The molecule has 2 aliphatic heterocycles. The molecule has 0 saturated carbocycles. The van der Waals surface area contributed by atoms with Crippen molar-refractivity contribution in [3.8, 4) is 0 Å². The predicted molar refractivity (Wildman–Crippen MR) is 59.2 cm³/mol. The lowest BCUT2D eigenvalue weighted by atomic mass is 9.93. The minimum Gasteiger partial charge on any atom is -0.329 e. The molecule has 0 aromatic carbocycles. The van der Waals surface area contributed by atoms with Crippen molar-refractivity contribution in [1.82, 2.24) is 4.90 Å². The van der Waals surface area contributed by atoms with Crippen molar-refractivity contribution in [3.05, 3.63) is 0 Å². The molecule has 13 heavy (non-hydrogen) atoms. The van der Waals surface area contributed by atoms with E-state index in [0.717, 1.165) is 6.54 Å². The summed E-state index contributed by atoms with van der Waals surface area (Å²) in [6.45, 7) is 3.44. The second-order valence-corrected chi connectivity index (χ2v) is 5.38. The van der Waals surface area contributed by atoms with Gasteiger partial charge in [-0.2, -0.15) is 11.8 Å². The molecule has 0 aliphatic carbocycles. The molecule has 0 amide bonds. The highest BCUT2D eigenvalue weighted by molar-refractivity contribution is 7.99. The Kier molecular flexibility index (Phi) is 3.17. The average Bonchev–Trinajstić information content (AvgIpc) is 2.72. The van der Waals surface area contributed by atoms with E-state index in [1.54, 1.807) is 0 Å². The monoisotopic (exact) mass is 200 g/mol.